The van der Waals surface area contributed by atoms with E-state index in [1.54, 1.807) is 0 Å². The Morgan fingerprint density at radius 3 is 1.83 bits per heavy atom. The van der Waals surface area contributed by atoms with E-state index in [0.717, 1.165) is 12.8 Å². The average Bonchev–Trinajstić information content (AvgIpc) is 2.43. The fraction of sp³-hybridized carbons (Fsp3) is 0.739. The minimum absolute atomic E-state index is 0.425. The highest BCUT2D eigenvalue weighted by atomic mass is 16.3. The summed E-state index contributed by atoms with van der Waals surface area (Å²) in [5, 5.41) is 10.3. The standard InChI is InChI=1S/C23H40O/c1-22(2,3)17-10-7-8-15-20-19(14-12-16-21(20)24)13-9-11-18-23(4,5)6/h12,14,16,24H,7-11,13,15,17-18H2,1-6H3. The molecule has 0 saturated carbocycles. The van der Waals surface area contributed by atoms with Gasteiger partial charge in [-0.2, -0.15) is 0 Å². The van der Waals surface area contributed by atoms with Crippen molar-refractivity contribution in [3.63, 3.8) is 0 Å². The molecule has 0 aromatic heterocycles. The summed E-state index contributed by atoms with van der Waals surface area (Å²) in [7, 11) is 0. The third-order valence-electron chi connectivity index (χ3n) is 4.72. The van der Waals surface area contributed by atoms with Crippen molar-refractivity contribution in [2.24, 2.45) is 10.8 Å². The molecule has 0 atom stereocenters. The summed E-state index contributed by atoms with van der Waals surface area (Å²) in [6.07, 6.45) is 10.9. The number of phenolic OH excluding ortho intramolecular Hbond substituents is 1. The molecule has 0 unspecified atom stereocenters. The van der Waals surface area contributed by atoms with Gasteiger partial charge in [-0.3, -0.25) is 0 Å². The lowest BCUT2D eigenvalue weighted by atomic mass is 9.88. The molecule has 24 heavy (non-hydrogen) atoms. The maximum absolute atomic E-state index is 10.3. The van der Waals surface area contributed by atoms with E-state index in [-0.39, 0.29) is 0 Å². The number of hydrogen-bond donors (Lipinski definition) is 1. The minimum Gasteiger partial charge on any atom is -0.508 e. The minimum atomic E-state index is 0.425. The molecule has 0 spiro atoms. The highest BCUT2D eigenvalue weighted by Gasteiger charge is 2.12. The number of phenols is 1. The first-order valence-electron chi connectivity index (χ1n) is 9.88. The van der Waals surface area contributed by atoms with Gasteiger partial charge in [0.1, 0.15) is 5.75 Å². The number of rotatable bonds is 9. The van der Waals surface area contributed by atoms with Gasteiger partial charge >= 0.3 is 0 Å². The molecule has 0 aliphatic rings. The van der Waals surface area contributed by atoms with Crippen LogP contribution in [0.2, 0.25) is 0 Å². The smallest absolute Gasteiger partial charge is 0.119 e. The van der Waals surface area contributed by atoms with Crippen LogP contribution < -0.4 is 0 Å². The van der Waals surface area contributed by atoms with E-state index < -0.39 is 0 Å². The van der Waals surface area contributed by atoms with Crippen LogP contribution in [0.15, 0.2) is 18.2 Å². The average molecular weight is 333 g/mol. The third kappa shape index (κ3) is 9.35. The quantitative estimate of drug-likeness (QED) is 0.470. The second-order valence-electron chi connectivity index (χ2n) is 9.80. The van der Waals surface area contributed by atoms with Gasteiger partial charge in [0.15, 0.2) is 0 Å². The van der Waals surface area contributed by atoms with Crippen molar-refractivity contribution >= 4 is 0 Å². The zero-order chi connectivity index (χ0) is 18.2. The van der Waals surface area contributed by atoms with Crippen LogP contribution in [0, 0.1) is 10.8 Å². The lowest BCUT2D eigenvalue weighted by Crippen LogP contribution is -2.05. The first-order valence-corrected chi connectivity index (χ1v) is 9.88. The maximum Gasteiger partial charge on any atom is 0.119 e. The van der Waals surface area contributed by atoms with E-state index in [4.69, 9.17) is 0 Å². The molecule has 0 aliphatic heterocycles. The fourth-order valence-electron chi connectivity index (χ4n) is 3.25. The zero-order valence-electron chi connectivity index (χ0n) is 17.0. The van der Waals surface area contributed by atoms with Crippen LogP contribution in [-0.4, -0.2) is 5.11 Å². The molecule has 1 aromatic rings. The molecule has 1 aromatic carbocycles. The van der Waals surface area contributed by atoms with Gasteiger partial charge in [-0.15, -0.1) is 0 Å². The molecule has 138 valence electrons. The third-order valence-corrected chi connectivity index (χ3v) is 4.72. The normalized spacial score (nSPS) is 12.6. The number of aryl methyl sites for hydroxylation is 1. The van der Waals surface area contributed by atoms with Crippen LogP contribution in [0.1, 0.15) is 97.6 Å². The SMILES string of the molecule is CC(C)(C)CCCCCc1c(O)cccc1CCCCC(C)(C)C. The molecule has 0 aliphatic carbocycles. The first-order chi connectivity index (χ1) is 11.1. The summed E-state index contributed by atoms with van der Waals surface area (Å²) in [5.41, 5.74) is 3.42. The van der Waals surface area contributed by atoms with Crippen LogP contribution >= 0.6 is 0 Å². The van der Waals surface area contributed by atoms with E-state index in [1.807, 2.05) is 12.1 Å². The number of hydrogen-bond acceptors (Lipinski definition) is 1. The van der Waals surface area contributed by atoms with Gasteiger partial charge in [0, 0.05) is 0 Å². The van der Waals surface area contributed by atoms with Crippen molar-refractivity contribution in [2.45, 2.75) is 99.3 Å². The lowest BCUT2D eigenvalue weighted by Gasteiger charge is -2.18. The summed E-state index contributed by atoms with van der Waals surface area (Å²) in [5.74, 6) is 0.499. The molecular weight excluding hydrogens is 292 g/mol. The molecule has 0 bridgehead atoms. The van der Waals surface area contributed by atoms with Crippen molar-refractivity contribution in [2.75, 3.05) is 0 Å². The van der Waals surface area contributed by atoms with E-state index in [2.05, 4.69) is 47.6 Å². The Labute approximate surface area is 150 Å². The van der Waals surface area contributed by atoms with Crippen LogP contribution in [0.4, 0.5) is 0 Å². The van der Waals surface area contributed by atoms with E-state index in [9.17, 15) is 5.11 Å². The summed E-state index contributed by atoms with van der Waals surface area (Å²) < 4.78 is 0. The fourth-order valence-corrected chi connectivity index (χ4v) is 3.25. The first kappa shape index (κ1) is 21.1. The molecule has 1 nitrogen and oxygen atoms in total. The second kappa shape index (κ2) is 9.49. The van der Waals surface area contributed by atoms with E-state index in [1.165, 1.54) is 56.1 Å². The Kier molecular flexibility index (Phi) is 8.33. The Morgan fingerprint density at radius 2 is 1.25 bits per heavy atom. The van der Waals surface area contributed by atoms with Gasteiger partial charge in [0.25, 0.3) is 0 Å². The lowest BCUT2D eigenvalue weighted by molar-refractivity contribution is 0.357. The highest BCUT2D eigenvalue weighted by Crippen LogP contribution is 2.28. The summed E-state index contributed by atoms with van der Waals surface area (Å²) >= 11 is 0. The zero-order valence-corrected chi connectivity index (χ0v) is 17.0. The molecule has 1 heteroatoms. The molecule has 0 amide bonds. The van der Waals surface area contributed by atoms with Gasteiger partial charge in [-0.1, -0.05) is 72.9 Å². The van der Waals surface area contributed by atoms with Crippen molar-refractivity contribution in [3.8, 4) is 5.75 Å². The second-order valence-corrected chi connectivity index (χ2v) is 9.80. The summed E-state index contributed by atoms with van der Waals surface area (Å²) in [6.45, 7) is 13.9. The van der Waals surface area contributed by atoms with Gasteiger partial charge in [-0.05, 0) is 66.5 Å². The molecule has 0 radical (unpaired) electrons. The Bertz CT molecular complexity index is 474. The van der Waals surface area contributed by atoms with Crippen molar-refractivity contribution in [1.82, 2.24) is 0 Å². The van der Waals surface area contributed by atoms with Crippen LogP contribution in [0.25, 0.3) is 0 Å². The van der Waals surface area contributed by atoms with E-state index >= 15 is 0 Å². The van der Waals surface area contributed by atoms with E-state index in [0.29, 0.717) is 16.6 Å². The monoisotopic (exact) mass is 332 g/mol. The Hall–Kier alpha value is -0.980. The van der Waals surface area contributed by atoms with Gasteiger partial charge in [0.2, 0.25) is 0 Å². The molecule has 0 heterocycles. The predicted octanol–water partition coefficient (Wildman–Crippen LogP) is 7.30. The summed E-state index contributed by atoms with van der Waals surface area (Å²) in [4.78, 5) is 0. The van der Waals surface area contributed by atoms with Crippen LogP contribution in [0.3, 0.4) is 0 Å². The molecular formula is C23H40O. The largest absolute Gasteiger partial charge is 0.508 e. The van der Waals surface area contributed by atoms with Crippen molar-refractivity contribution in [1.29, 1.82) is 0 Å². The van der Waals surface area contributed by atoms with Crippen molar-refractivity contribution < 1.29 is 5.11 Å². The molecule has 1 rings (SSSR count). The van der Waals surface area contributed by atoms with Gasteiger partial charge in [0.05, 0.1) is 0 Å². The predicted molar refractivity (Wildman–Crippen MR) is 107 cm³/mol. The molecule has 0 fully saturated rings. The van der Waals surface area contributed by atoms with Gasteiger partial charge in [-0.25, -0.2) is 0 Å². The van der Waals surface area contributed by atoms with Crippen LogP contribution in [-0.2, 0) is 12.8 Å². The Balaban J connectivity index is 2.45. The summed E-state index contributed by atoms with van der Waals surface area (Å²) in [6, 6.07) is 6.06. The topological polar surface area (TPSA) is 20.2 Å². The van der Waals surface area contributed by atoms with Crippen LogP contribution in [0.5, 0.6) is 5.75 Å². The molecule has 0 saturated heterocycles. The number of aromatic hydroxyl groups is 1. The number of unbranched alkanes of at least 4 members (excludes halogenated alkanes) is 3. The number of benzene rings is 1. The molecule has 1 N–H and O–H groups in total. The van der Waals surface area contributed by atoms with Crippen molar-refractivity contribution in [3.05, 3.63) is 29.3 Å². The Morgan fingerprint density at radius 1 is 0.708 bits per heavy atom. The maximum atomic E-state index is 10.3. The van der Waals surface area contributed by atoms with Gasteiger partial charge < -0.3 is 5.11 Å². The highest BCUT2D eigenvalue weighted by molar-refractivity contribution is 5.39.